The van der Waals surface area contributed by atoms with Gasteiger partial charge < -0.3 is 15.8 Å². The second kappa shape index (κ2) is 4.48. The lowest BCUT2D eigenvalue weighted by atomic mass is 9.95. The maximum atomic E-state index is 5.83. The van der Waals surface area contributed by atoms with Crippen LogP contribution in [0.4, 0.5) is 5.82 Å². The van der Waals surface area contributed by atoms with Gasteiger partial charge in [0.25, 0.3) is 0 Å². The average Bonchev–Trinajstić information content (AvgIpc) is 2.90. The van der Waals surface area contributed by atoms with Gasteiger partial charge >= 0.3 is 0 Å². The zero-order valence-electron chi connectivity index (χ0n) is 10.3. The predicted molar refractivity (Wildman–Crippen MR) is 74.8 cm³/mol. The van der Waals surface area contributed by atoms with Crippen molar-refractivity contribution >= 4 is 23.0 Å². The Morgan fingerprint density at radius 3 is 3.00 bits per heavy atom. The van der Waals surface area contributed by atoms with E-state index in [-0.39, 0.29) is 0 Å². The van der Waals surface area contributed by atoms with Gasteiger partial charge in [0.05, 0.1) is 23.8 Å². The molecule has 1 aromatic heterocycles. The molecular formula is C13H17N3OS. The number of hydrogen-bond donors (Lipinski definition) is 2. The topological polar surface area (TPSA) is 60.2 Å². The van der Waals surface area contributed by atoms with Crippen molar-refractivity contribution in [2.75, 3.05) is 5.32 Å². The number of aryl methyl sites for hydroxylation is 1. The zero-order valence-corrected chi connectivity index (χ0v) is 11.2. The maximum absolute atomic E-state index is 5.83. The Labute approximate surface area is 112 Å². The number of anilines is 1. The molecule has 96 valence electrons. The van der Waals surface area contributed by atoms with Gasteiger partial charge in [0.1, 0.15) is 10.8 Å². The van der Waals surface area contributed by atoms with Gasteiger partial charge in [-0.05, 0) is 37.8 Å². The van der Waals surface area contributed by atoms with Gasteiger partial charge in [-0.1, -0.05) is 12.2 Å². The number of pyridine rings is 1. The third kappa shape index (κ3) is 1.97. The van der Waals surface area contributed by atoms with Crippen LogP contribution >= 0.6 is 12.2 Å². The number of nitrogens with zero attached hydrogens (tertiary/aromatic N) is 1. The fourth-order valence-corrected chi connectivity index (χ4v) is 3.20. The molecule has 3 heterocycles. The first-order chi connectivity index (χ1) is 8.65. The highest BCUT2D eigenvalue weighted by Gasteiger charge is 2.41. The summed E-state index contributed by atoms with van der Waals surface area (Å²) in [6.45, 7) is 2.00. The van der Waals surface area contributed by atoms with Gasteiger partial charge in [-0.25, -0.2) is 4.98 Å². The molecule has 4 nitrogen and oxygen atoms in total. The first kappa shape index (κ1) is 11.9. The molecule has 3 unspecified atom stereocenters. The van der Waals surface area contributed by atoms with Crippen LogP contribution in [0, 0.1) is 6.92 Å². The summed E-state index contributed by atoms with van der Waals surface area (Å²) in [7, 11) is 0. The lowest BCUT2D eigenvalue weighted by Gasteiger charge is -2.22. The van der Waals surface area contributed by atoms with Crippen LogP contribution < -0.4 is 11.1 Å². The van der Waals surface area contributed by atoms with Gasteiger partial charge in [-0.3, -0.25) is 0 Å². The van der Waals surface area contributed by atoms with Crippen LogP contribution in [0.25, 0.3) is 0 Å². The Balaban J connectivity index is 1.84. The van der Waals surface area contributed by atoms with Crippen LogP contribution in [0.1, 0.15) is 30.4 Å². The molecule has 0 spiro atoms. The third-order valence-corrected chi connectivity index (χ3v) is 4.04. The number of hydrogen-bond acceptors (Lipinski definition) is 4. The van der Waals surface area contributed by atoms with E-state index in [1.807, 2.05) is 13.0 Å². The van der Waals surface area contributed by atoms with Crippen molar-refractivity contribution in [1.82, 2.24) is 4.98 Å². The smallest absolute Gasteiger partial charge is 0.136 e. The van der Waals surface area contributed by atoms with Crippen molar-refractivity contribution in [3.8, 4) is 0 Å². The molecule has 0 saturated carbocycles. The molecule has 3 atom stereocenters. The summed E-state index contributed by atoms with van der Waals surface area (Å²) < 4.78 is 5.83. The number of fused-ring (bicyclic) bond motifs is 2. The standard InChI is InChI=1S/C13H17N3OS/c1-7-4-5-15-13(11(7)12(14)18)16-9-6-8-2-3-10(9)17-8/h4-5,8-10H,2-3,6H2,1H3,(H2,14,18)(H,15,16). The highest BCUT2D eigenvalue weighted by Crippen LogP contribution is 2.36. The molecule has 0 aliphatic carbocycles. The summed E-state index contributed by atoms with van der Waals surface area (Å²) in [4.78, 5) is 4.77. The molecule has 3 rings (SSSR count). The Morgan fingerprint density at radius 1 is 1.56 bits per heavy atom. The SMILES string of the molecule is Cc1ccnc(NC2CC3CCC2O3)c1C(N)=S. The third-order valence-electron chi connectivity index (χ3n) is 3.83. The highest BCUT2D eigenvalue weighted by atomic mass is 32.1. The molecular weight excluding hydrogens is 246 g/mol. The molecule has 0 aromatic carbocycles. The van der Waals surface area contributed by atoms with Crippen LogP contribution in [-0.4, -0.2) is 28.2 Å². The van der Waals surface area contributed by atoms with Gasteiger partial charge in [-0.15, -0.1) is 0 Å². The predicted octanol–water partition coefficient (Wildman–Crippen LogP) is 1.76. The Kier molecular flexibility index (Phi) is 2.95. The number of ether oxygens (including phenoxy) is 1. The molecule has 5 heteroatoms. The second-order valence-electron chi connectivity index (χ2n) is 5.08. The largest absolute Gasteiger partial charge is 0.389 e. The van der Waals surface area contributed by atoms with Gasteiger partial charge in [0.2, 0.25) is 0 Å². The van der Waals surface area contributed by atoms with Crippen LogP contribution in [0.3, 0.4) is 0 Å². The van der Waals surface area contributed by atoms with Crippen molar-refractivity contribution in [2.24, 2.45) is 5.73 Å². The summed E-state index contributed by atoms with van der Waals surface area (Å²) in [5, 5.41) is 3.46. The second-order valence-corrected chi connectivity index (χ2v) is 5.52. The van der Waals surface area contributed by atoms with E-state index in [1.165, 1.54) is 6.42 Å². The monoisotopic (exact) mass is 263 g/mol. The lowest BCUT2D eigenvalue weighted by Crippen LogP contribution is -2.32. The van der Waals surface area contributed by atoms with E-state index in [9.17, 15) is 0 Å². The van der Waals surface area contributed by atoms with Crippen LogP contribution in [0.2, 0.25) is 0 Å². The Morgan fingerprint density at radius 2 is 2.39 bits per heavy atom. The van der Waals surface area contributed by atoms with Crippen molar-refractivity contribution < 1.29 is 4.74 Å². The summed E-state index contributed by atoms with van der Waals surface area (Å²) in [5.41, 5.74) is 7.70. The lowest BCUT2D eigenvalue weighted by molar-refractivity contribution is 0.102. The van der Waals surface area contributed by atoms with E-state index in [1.54, 1.807) is 6.20 Å². The van der Waals surface area contributed by atoms with E-state index in [0.29, 0.717) is 23.2 Å². The minimum absolute atomic E-state index is 0.316. The number of aromatic nitrogens is 1. The number of nitrogens with one attached hydrogen (secondary N) is 1. The van der Waals surface area contributed by atoms with Crippen molar-refractivity contribution in [3.63, 3.8) is 0 Å². The highest BCUT2D eigenvalue weighted by molar-refractivity contribution is 7.80. The summed E-state index contributed by atoms with van der Waals surface area (Å²) in [6.07, 6.45) is 5.90. The molecule has 2 aliphatic heterocycles. The summed E-state index contributed by atoms with van der Waals surface area (Å²) in [6, 6.07) is 2.27. The molecule has 2 bridgehead atoms. The quantitative estimate of drug-likeness (QED) is 0.814. The van der Waals surface area contributed by atoms with Gasteiger partial charge in [0, 0.05) is 6.20 Å². The first-order valence-corrected chi connectivity index (χ1v) is 6.73. The fourth-order valence-electron chi connectivity index (χ4n) is 2.94. The van der Waals surface area contributed by atoms with Gasteiger partial charge in [0.15, 0.2) is 0 Å². The van der Waals surface area contributed by atoms with E-state index >= 15 is 0 Å². The number of rotatable bonds is 3. The molecule has 2 saturated heterocycles. The van der Waals surface area contributed by atoms with Crippen molar-refractivity contribution in [3.05, 3.63) is 23.4 Å². The molecule has 2 aliphatic rings. The normalized spacial score (nSPS) is 29.5. The molecule has 3 N–H and O–H groups in total. The Bertz CT molecular complexity index is 491. The van der Waals surface area contributed by atoms with Gasteiger partial charge in [-0.2, -0.15) is 0 Å². The maximum Gasteiger partial charge on any atom is 0.136 e. The van der Waals surface area contributed by atoms with E-state index in [2.05, 4.69) is 10.3 Å². The molecule has 18 heavy (non-hydrogen) atoms. The summed E-state index contributed by atoms with van der Waals surface area (Å²) >= 11 is 5.11. The molecule has 2 fully saturated rings. The van der Waals surface area contributed by atoms with Crippen molar-refractivity contribution in [1.29, 1.82) is 0 Å². The van der Waals surface area contributed by atoms with E-state index in [4.69, 9.17) is 22.7 Å². The minimum atomic E-state index is 0.316. The van der Waals surface area contributed by atoms with E-state index in [0.717, 1.165) is 29.8 Å². The molecule has 1 aromatic rings. The first-order valence-electron chi connectivity index (χ1n) is 6.32. The molecule has 0 amide bonds. The van der Waals surface area contributed by atoms with E-state index < -0.39 is 0 Å². The van der Waals surface area contributed by atoms with Crippen LogP contribution in [0.15, 0.2) is 12.3 Å². The molecule has 0 radical (unpaired) electrons. The summed E-state index contributed by atoms with van der Waals surface area (Å²) in [5.74, 6) is 0.795. The minimum Gasteiger partial charge on any atom is -0.389 e. The average molecular weight is 263 g/mol. The Hall–Kier alpha value is -1.20. The number of thiocarbonyl (C=S) groups is 1. The fraction of sp³-hybridized carbons (Fsp3) is 0.538. The van der Waals surface area contributed by atoms with Crippen LogP contribution in [-0.2, 0) is 4.74 Å². The zero-order chi connectivity index (χ0) is 12.7. The van der Waals surface area contributed by atoms with Crippen LogP contribution in [0.5, 0.6) is 0 Å². The number of nitrogens with two attached hydrogens (primary N) is 1. The van der Waals surface area contributed by atoms with Crippen molar-refractivity contribution in [2.45, 2.75) is 44.4 Å².